The van der Waals surface area contributed by atoms with Gasteiger partial charge in [0, 0.05) is 36.3 Å². The Hall–Kier alpha value is -3.63. The van der Waals surface area contributed by atoms with Gasteiger partial charge in [0.15, 0.2) is 5.96 Å². The summed E-state index contributed by atoms with van der Waals surface area (Å²) in [5, 5.41) is 2.09. The number of fused-ring (bicyclic) bond motifs is 1. The maximum absolute atomic E-state index is 13.5. The van der Waals surface area contributed by atoms with Crippen molar-refractivity contribution in [3.63, 3.8) is 0 Å². The Morgan fingerprint density at radius 1 is 1.15 bits per heavy atom. The SMILES string of the molecule is CC#Cc1ccc(-c2csc([C@]34CN(c5ccc(F)cc5)C[C@H]3C(=O)N(C)C(N)=N4)c2)cc1. The molecule has 1 aromatic heterocycles. The van der Waals surface area contributed by atoms with Crippen LogP contribution >= 0.6 is 11.3 Å². The molecule has 33 heavy (non-hydrogen) atoms. The van der Waals surface area contributed by atoms with Crippen molar-refractivity contribution in [1.82, 2.24) is 4.90 Å². The van der Waals surface area contributed by atoms with Gasteiger partial charge in [-0.1, -0.05) is 18.1 Å². The van der Waals surface area contributed by atoms with E-state index in [0.29, 0.717) is 13.1 Å². The van der Waals surface area contributed by atoms with Gasteiger partial charge in [-0.2, -0.15) is 0 Å². The summed E-state index contributed by atoms with van der Waals surface area (Å²) in [5.74, 6) is 5.47. The van der Waals surface area contributed by atoms with E-state index in [9.17, 15) is 9.18 Å². The molecule has 3 aromatic rings. The number of benzene rings is 2. The zero-order valence-electron chi connectivity index (χ0n) is 18.4. The Morgan fingerprint density at radius 3 is 2.58 bits per heavy atom. The third kappa shape index (κ3) is 3.57. The van der Waals surface area contributed by atoms with Crippen LogP contribution in [0.15, 0.2) is 65.0 Å². The highest BCUT2D eigenvalue weighted by Gasteiger charge is 2.56. The molecule has 5 nitrogen and oxygen atoms in total. The molecule has 0 saturated carbocycles. The van der Waals surface area contributed by atoms with E-state index in [4.69, 9.17) is 10.7 Å². The molecule has 1 saturated heterocycles. The first-order valence-electron chi connectivity index (χ1n) is 10.7. The number of carbonyl (C=O) groups excluding carboxylic acids is 1. The second-order valence-electron chi connectivity index (χ2n) is 8.35. The molecule has 0 aliphatic carbocycles. The molecule has 0 spiro atoms. The molecule has 0 radical (unpaired) electrons. The van der Waals surface area contributed by atoms with Crippen LogP contribution in [0.25, 0.3) is 11.1 Å². The molecular formula is C26H23FN4OS. The molecule has 3 heterocycles. The maximum Gasteiger partial charge on any atom is 0.236 e. The molecule has 0 bridgehead atoms. The average molecular weight is 459 g/mol. The minimum absolute atomic E-state index is 0.0513. The lowest BCUT2D eigenvalue weighted by molar-refractivity contribution is -0.132. The van der Waals surface area contributed by atoms with E-state index in [1.165, 1.54) is 17.0 Å². The molecule has 166 valence electrons. The van der Waals surface area contributed by atoms with Gasteiger partial charge in [-0.25, -0.2) is 9.38 Å². The van der Waals surface area contributed by atoms with Crippen LogP contribution in [0.4, 0.5) is 10.1 Å². The van der Waals surface area contributed by atoms with Gasteiger partial charge in [0.25, 0.3) is 0 Å². The molecular weight excluding hydrogens is 435 g/mol. The zero-order chi connectivity index (χ0) is 23.2. The molecule has 2 atom stereocenters. The standard InChI is InChI=1S/C26H23FN4OS/c1-3-4-17-5-7-18(8-6-17)19-13-23(33-15-19)26-16-31(21-11-9-20(27)10-12-21)14-22(26)24(32)30(2)25(28)29-26/h5-13,15,22H,14,16H2,1-2H3,(H2,28,29)/t22-,26-/m0/s1. The van der Waals surface area contributed by atoms with Crippen LogP contribution in [-0.4, -0.2) is 36.9 Å². The lowest BCUT2D eigenvalue weighted by Crippen LogP contribution is -2.54. The van der Waals surface area contributed by atoms with Crippen LogP contribution in [0.3, 0.4) is 0 Å². The quantitative estimate of drug-likeness (QED) is 0.603. The number of nitrogens with zero attached hydrogens (tertiary/aromatic N) is 3. The number of guanidine groups is 1. The summed E-state index contributed by atoms with van der Waals surface area (Å²) in [5.41, 5.74) is 9.39. The second kappa shape index (κ2) is 8.05. The normalized spacial score (nSPS) is 22.0. The molecule has 2 aliphatic heterocycles. The van der Waals surface area contributed by atoms with Gasteiger partial charge in [-0.3, -0.25) is 9.69 Å². The van der Waals surface area contributed by atoms with Crippen molar-refractivity contribution in [2.75, 3.05) is 25.0 Å². The first kappa shape index (κ1) is 21.2. The van der Waals surface area contributed by atoms with Gasteiger partial charge >= 0.3 is 0 Å². The van der Waals surface area contributed by atoms with Crippen LogP contribution in [0, 0.1) is 23.6 Å². The van der Waals surface area contributed by atoms with Crippen molar-refractivity contribution < 1.29 is 9.18 Å². The Labute approximate surface area is 196 Å². The first-order chi connectivity index (χ1) is 15.9. The zero-order valence-corrected chi connectivity index (χ0v) is 19.2. The van der Waals surface area contributed by atoms with Gasteiger partial charge in [-0.05, 0) is 65.9 Å². The van der Waals surface area contributed by atoms with Crippen molar-refractivity contribution in [2.24, 2.45) is 16.6 Å². The van der Waals surface area contributed by atoms with Crippen LogP contribution in [0.2, 0.25) is 0 Å². The fourth-order valence-corrected chi connectivity index (χ4v) is 5.73. The third-order valence-corrected chi connectivity index (χ3v) is 7.50. The highest BCUT2D eigenvalue weighted by atomic mass is 32.1. The Balaban J connectivity index is 1.55. The molecule has 1 amide bonds. The smallest absolute Gasteiger partial charge is 0.236 e. The van der Waals surface area contributed by atoms with Crippen LogP contribution < -0.4 is 10.6 Å². The van der Waals surface area contributed by atoms with Crippen LogP contribution in [-0.2, 0) is 10.3 Å². The van der Waals surface area contributed by atoms with E-state index in [1.54, 1.807) is 30.5 Å². The van der Waals surface area contributed by atoms with Crippen molar-refractivity contribution in [3.8, 4) is 23.0 Å². The second-order valence-corrected chi connectivity index (χ2v) is 9.26. The summed E-state index contributed by atoms with van der Waals surface area (Å²) < 4.78 is 13.5. The van der Waals surface area contributed by atoms with E-state index in [0.717, 1.165) is 27.3 Å². The van der Waals surface area contributed by atoms with Gasteiger partial charge in [-0.15, -0.1) is 17.3 Å². The highest BCUT2D eigenvalue weighted by Crippen LogP contribution is 2.48. The fourth-order valence-electron chi connectivity index (χ4n) is 4.62. The van der Waals surface area contributed by atoms with Crippen molar-refractivity contribution in [2.45, 2.75) is 12.5 Å². The number of rotatable bonds is 3. The summed E-state index contributed by atoms with van der Waals surface area (Å²) >= 11 is 1.59. The highest BCUT2D eigenvalue weighted by molar-refractivity contribution is 7.10. The van der Waals surface area contributed by atoms with E-state index >= 15 is 0 Å². The van der Waals surface area contributed by atoms with E-state index < -0.39 is 5.54 Å². The summed E-state index contributed by atoms with van der Waals surface area (Å²) in [6, 6.07) is 16.6. The number of amides is 1. The summed E-state index contributed by atoms with van der Waals surface area (Å²) in [7, 11) is 1.66. The van der Waals surface area contributed by atoms with Gasteiger partial charge in [0.05, 0.1) is 5.92 Å². The first-order valence-corrected chi connectivity index (χ1v) is 11.5. The average Bonchev–Trinajstić information content (AvgIpc) is 3.45. The Morgan fingerprint density at radius 2 is 1.88 bits per heavy atom. The van der Waals surface area contributed by atoms with Crippen molar-refractivity contribution in [3.05, 3.63) is 76.2 Å². The molecule has 2 aliphatic rings. The van der Waals surface area contributed by atoms with Gasteiger partial charge in [0.1, 0.15) is 11.4 Å². The lowest BCUT2D eigenvalue weighted by Gasteiger charge is -2.36. The number of thiophene rings is 1. The van der Waals surface area contributed by atoms with Crippen LogP contribution in [0.5, 0.6) is 0 Å². The molecule has 2 aromatic carbocycles. The third-order valence-electron chi connectivity index (χ3n) is 6.40. The minimum Gasteiger partial charge on any atom is -0.369 e. The predicted molar refractivity (Wildman–Crippen MR) is 130 cm³/mol. The molecule has 7 heteroatoms. The fraction of sp³-hybridized carbons (Fsp3) is 0.231. The van der Waals surface area contributed by atoms with Gasteiger partial charge in [0.2, 0.25) is 5.91 Å². The monoisotopic (exact) mass is 458 g/mol. The number of anilines is 1. The minimum atomic E-state index is -0.779. The van der Waals surface area contributed by atoms with E-state index in [-0.39, 0.29) is 23.6 Å². The molecule has 2 N–H and O–H groups in total. The van der Waals surface area contributed by atoms with Crippen molar-refractivity contribution >= 4 is 28.9 Å². The van der Waals surface area contributed by atoms with Crippen molar-refractivity contribution in [1.29, 1.82) is 0 Å². The number of halogens is 1. The summed E-state index contributed by atoms with van der Waals surface area (Å²) in [6.45, 7) is 2.80. The van der Waals surface area contributed by atoms with Crippen LogP contribution in [0.1, 0.15) is 17.4 Å². The number of aliphatic imine (C=N–C) groups is 1. The number of nitrogens with two attached hydrogens (primary N) is 1. The van der Waals surface area contributed by atoms with E-state index in [1.807, 2.05) is 19.1 Å². The number of hydrogen-bond acceptors (Lipinski definition) is 5. The molecule has 1 fully saturated rings. The molecule has 5 rings (SSSR count). The summed E-state index contributed by atoms with van der Waals surface area (Å²) in [6.07, 6.45) is 0. The largest absolute Gasteiger partial charge is 0.369 e. The Bertz CT molecular complexity index is 1300. The number of carbonyl (C=O) groups is 1. The predicted octanol–water partition coefficient (Wildman–Crippen LogP) is 4.04. The number of hydrogen-bond donors (Lipinski definition) is 1. The maximum atomic E-state index is 13.5. The van der Waals surface area contributed by atoms with E-state index in [2.05, 4.69) is 40.3 Å². The topological polar surface area (TPSA) is 61.9 Å². The summed E-state index contributed by atoms with van der Waals surface area (Å²) in [4.78, 5) is 22.7. The molecule has 0 unspecified atom stereocenters. The lowest BCUT2D eigenvalue weighted by atomic mass is 9.83. The Kier molecular flexibility index (Phi) is 5.18. The van der Waals surface area contributed by atoms with Gasteiger partial charge < -0.3 is 10.6 Å².